The second-order valence-corrected chi connectivity index (χ2v) is 5.15. The number of carbonyl (C=O) groups excluding carboxylic acids is 1. The molecule has 2 unspecified atom stereocenters. The molecule has 0 bridgehead atoms. The van der Waals surface area contributed by atoms with E-state index in [0.717, 1.165) is 19.6 Å². The summed E-state index contributed by atoms with van der Waals surface area (Å²) in [7, 11) is 0. The molecule has 1 aromatic carbocycles. The van der Waals surface area contributed by atoms with Crippen LogP contribution in [0.15, 0.2) is 24.3 Å². The van der Waals surface area contributed by atoms with Crippen LogP contribution < -0.4 is 11.1 Å². The molecule has 0 aromatic heterocycles. The highest BCUT2D eigenvalue weighted by Gasteiger charge is 2.22. The SMILES string of the molecule is CC1CN(Cc2ccc(C(N)=O)cc2)C(C)CN1. The van der Waals surface area contributed by atoms with Crippen molar-refractivity contribution in [1.29, 1.82) is 0 Å². The molecule has 18 heavy (non-hydrogen) atoms. The Morgan fingerprint density at radius 3 is 2.67 bits per heavy atom. The van der Waals surface area contributed by atoms with E-state index in [-0.39, 0.29) is 5.91 Å². The minimum atomic E-state index is -0.370. The molecule has 2 atom stereocenters. The monoisotopic (exact) mass is 247 g/mol. The van der Waals surface area contributed by atoms with Crippen LogP contribution in [0.3, 0.4) is 0 Å². The summed E-state index contributed by atoms with van der Waals surface area (Å²) in [5.41, 5.74) is 7.02. The highest BCUT2D eigenvalue weighted by molar-refractivity contribution is 5.92. The Morgan fingerprint density at radius 2 is 2.06 bits per heavy atom. The van der Waals surface area contributed by atoms with Crippen LogP contribution >= 0.6 is 0 Å². The quantitative estimate of drug-likeness (QED) is 0.836. The second kappa shape index (κ2) is 5.50. The van der Waals surface area contributed by atoms with E-state index in [1.54, 1.807) is 12.1 Å². The number of nitrogens with one attached hydrogen (secondary N) is 1. The van der Waals surface area contributed by atoms with Gasteiger partial charge in [-0.25, -0.2) is 0 Å². The number of hydrogen-bond donors (Lipinski definition) is 2. The predicted octanol–water partition coefficient (Wildman–Crippen LogP) is 0.968. The molecule has 0 spiro atoms. The van der Waals surface area contributed by atoms with Crippen molar-refractivity contribution in [2.24, 2.45) is 5.73 Å². The first-order valence-corrected chi connectivity index (χ1v) is 6.42. The number of primary amides is 1. The fourth-order valence-electron chi connectivity index (χ4n) is 2.33. The molecule has 1 aliphatic rings. The summed E-state index contributed by atoms with van der Waals surface area (Å²) in [4.78, 5) is 13.5. The molecule has 0 aliphatic carbocycles. The molecule has 4 nitrogen and oxygen atoms in total. The maximum absolute atomic E-state index is 11.0. The van der Waals surface area contributed by atoms with E-state index in [1.807, 2.05) is 12.1 Å². The lowest BCUT2D eigenvalue weighted by atomic mass is 10.1. The van der Waals surface area contributed by atoms with Gasteiger partial charge in [-0.15, -0.1) is 0 Å². The summed E-state index contributed by atoms with van der Waals surface area (Å²) in [5, 5.41) is 3.47. The van der Waals surface area contributed by atoms with Gasteiger partial charge in [0.25, 0.3) is 0 Å². The topological polar surface area (TPSA) is 58.4 Å². The van der Waals surface area contributed by atoms with Crippen molar-refractivity contribution in [2.45, 2.75) is 32.5 Å². The summed E-state index contributed by atoms with van der Waals surface area (Å²) in [6, 6.07) is 8.64. The number of carbonyl (C=O) groups is 1. The summed E-state index contributed by atoms with van der Waals surface area (Å²) < 4.78 is 0. The van der Waals surface area contributed by atoms with Crippen LogP contribution in [0.5, 0.6) is 0 Å². The van der Waals surface area contributed by atoms with Crippen molar-refractivity contribution in [3.8, 4) is 0 Å². The highest BCUT2D eigenvalue weighted by Crippen LogP contribution is 2.13. The summed E-state index contributed by atoms with van der Waals surface area (Å²) >= 11 is 0. The maximum Gasteiger partial charge on any atom is 0.248 e. The number of hydrogen-bond acceptors (Lipinski definition) is 3. The van der Waals surface area contributed by atoms with Gasteiger partial charge in [0.05, 0.1) is 0 Å². The molecule has 4 heteroatoms. The predicted molar refractivity (Wildman–Crippen MR) is 72.3 cm³/mol. The Kier molecular flexibility index (Phi) is 3.99. The van der Waals surface area contributed by atoms with Gasteiger partial charge < -0.3 is 11.1 Å². The van der Waals surface area contributed by atoms with Crippen molar-refractivity contribution in [3.05, 3.63) is 35.4 Å². The Bertz CT molecular complexity index is 416. The minimum Gasteiger partial charge on any atom is -0.366 e. The first-order valence-electron chi connectivity index (χ1n) is 6.42. The highest BCUT2D eigenvalue weighted by atomic mass is 16.1. The van der Waals surface area contributed by atoms with Crippen molar-refractivity contribution in [3.63, 3.8) is 0 Å². The molecule has 98 valence electrons. The van der Waals surface area contributed by atoms with Gasteiger partial charge in [0.1, 0.15) is 0 Å². The van der Waals surface area contributed by atoms with Gasteiger partial charge in [-0.2, -0.15) is 0 Å². The standard InChI is InChI=1S/C14H21N3O/c1-10-8-17(11(2)7-16-10)9-12-3-5-13(6-4-12)14(15)18/h3-6,10-11,16H,7-9H2,1-2H3,(H2,15,18). The van der Waals surface area contributed by atoms with Gasteiger partial charge >= 0.3 is 0 Å². The zero-order chi connectivity index (χ0) is 13.1. The third-order valence-electron chi connectivity index (χ3n) is 3.52. The van der Waals surface area contributed by atoms with E-state index in [0.29, 0.717) is 17.6 Å². The smallest absolute Gasteiger partial charge is 0.248 e. The van der Waals surface area contributed by atoms with Crippen LogP contribution in [0.1, 0.15) is 29.8 Å². The minimum absolute atomic E-state index is 0.370. The van der Waals surface area contributed by atoms with E-state index < -0.39 is 0 Å². The molecule has 0 saturated carbocycles. The number of nitrogens with two attached hydrogens (primary N) is 1. The van der Waals surface area contributed by atoms with Crippen molar-refractivity contribution < 1.29 is 4.79 Å². The zero-order valence-corrected chi connectivity index (χ0v) is 11.0. The number of rotatable bonds is 3. The first-order chi connectivity index (χ1) is 8.56. The van der Waals surface area contributed by atoms with E-state index in [2.05, 4.69) is 24.1 Å². The molecule has 1 heterocycles. The molecule has 1 aromatic rings. The number of amides is 1. The van der Waals surface area contributed by atoms with Gasteiger partial charge in [0.2, 0.25) is 5.91 Å². The van der Waals surface area contributed by atoms with Crippen LogP contribution in [-0.2, 0) is 6.54 Å². The van der Waals surface area contributed by atoms with Gasteiger partial charge in [0, 0.05) is 37.3 Å². The lowest BCUT2D eigenvalue weighted by Gasteiger charge is -2.37. The van der Waals surface area contributed by atoms with Gasteiger partial charge in [-0.1, -0.05) is 12.1 Å². The van der Waals surface area contributed by atoms with Crippen LogP contribution in [0.25, 0.3) is 0 Å². The Hall–Kier alpha value is -1.39. The fraction of sp³-hybridized carbons (Fsp3) is 0.500. The third kappa shape index (κ3) is 3.09. The van der Waals surface area contributed by atoms with Crippen molar-refractivity contribution in [2.75, 3.05) is 13.1 Å². The third-order valence-corrected chi connectivity index (χ3v) is 3.52. The molecule has 0 radical (unpaired) electrons. The molecule has 1 fully saturated rings. The number of piperazine rings is 1. The van der Waals surface area contributed by atoms with E-state index in [4.69, 9.17) is 5.73 Å². The summed E-state index contributed by atoms with van der Waals surface area (Å²) in [5.74, 6) is -0.370. The summed E-state index contributed by atoms with van der Waals surface area (Å²) in [6.45, 7) is 7.44. The normalized spacial score (nSPS) is 25.0. The lowest BCUT2D eigenvalue weighted by Crippen LogP contribution is -2.53. The average Bonchev–Trinajstić information content (AvgIpc) is 2.34. The Morgan fingerprint density at radius 1 is 1.39 bits per heavy atom. The fourth-order valence-corrected chi connectivity index (χ4v) is 2.33. The van der Waals surface area contributed by atoms with Gasteiger partial charge in [-0.05, 0) is 31.5 Å². The Balaban J connectivity index is 2.02. The van der Waals surface area contributed by atoms with Crippen LogP contribution in [0.2, 0.25) is 0 Å². The maximum atomic E-state index is 11.0. The second-order valence-electron chi connectivity index (χ2n) is 5.15. The van der Waals surface area contributed by atoms with E-state index in [1.165, 1.54) is 5.56 Å². The molecule has 1 aliphatic heterocycles. The molecular weight excluding hydrogens is 226 g/mol. The largest absolute Gasteiger partial charge is 0.366 e. The van der Waals surface area contributed by atoms with E-state index >= 15 is 0 Å². The molecule has 2 rings (SSSR count). The molecular formula is C14H21N3O. The zero-order valence-electron chi connectivity index (χ0n) is 11.0. The van der Waals surface area contributed by atoms with Crippen LogP contribution in [0, 0.1) is 0 Å². The van der Waals surface area contributed by atoms with E-state index in [9.17, 15) is 4.79 Å². The molecule has 3 N–H and O–H groups in total. The van der Waals surface area contributed by atoms with Crippen molar-refractivity contribution in [1.82, 2.24) is 10.2 Å². The van der Waals surface area contributed by atoms with Gasteiger partial charge in [-0.3, -0.25) is 9.69 Å². The Labute approximate surface area is 108 Å². The number of nitrogens with zero attached hydrogens (tertiary/aromatic N) is 1. The van der Waals surface area contributed by atoms with Crippen molar-refractivity contribution >= 4 is 5.91 Å². The van der Waals surface area contributed by atoms with Crippen LogP contribution in [0.4, 0.5) is 0 Å². The molecule has 1 saturated heterocycles. The average molecular weight is 247 g/mol. The first kappa shape index (κ1) is 13.1. The number of benzene rings is 1. The molecule has 1 amide bonds. The van der Waals surface area contributed by atoms with Crippen LogP contribution in [-0.4, -0.2) is 36.0 Å². The lowest BCUT2D eigenvalue weighted by molar-refractivity contribution is 0.1000. The summed E-state index contributed by atoms with van der Waals surface area (Å²) in [6.07, 6.45) is 0. The van der Waals surface area contributed by atoms with Gasteiger partial charge in [0.15, 0.2) is 0 Å².